The molecule has 1 aromatic carbocycles. The van der Waals surface area contributed by atoms with Gasteiger partial charge in [-0.2, -0.15) is 0 Å². The number of anilines is 1. The molecule has 1 aliphatic heterocycles. The van der Waals surface area contributed by atoms with Crippen molar-refractivity contribution in [2.75, 3.05) is 11.9 Å². The molecular formula is C14H19BClNO5. The van der Waals surface area contributed by atoms with Gasteiger partial charge in [-0.1, -0.05) is 11.6 Å². The fraction of sp³-hybridized carbons (Fsp3) is 0.500. The molecule has 1 aromatic rings. The number of hydrogen-bond acceptors (Lipinski definition) is 5. The molecule has 2 rings (SSSR count). The van der Waals surface area contributed by atoms with Gasteiger partial charge in [-0.25, -0.2) is 0 Å². The molecule has 0 fully saturated rings. The molecule has 0 atom stereocenters. The molecule has 0 bridgehead atoms. The zero-order chi connectivity index (χ0) is 16.7. The van der Waals surface area contributed by atoms with Crippen LogP contribution in [0.5, 0.6) is 5.75 Å². The lowest BCUT2D eigenvalue weighted by molar-refractivity contribution is -0.118. The lowest BCUT2D eigenvalue weighted by Gasteiger charge is -2.38. The van der Waals surface area contributed by atoms with Crippen LogP contribution in [0.3, 0.4) is 0 Å². The van der Waals surface area contributed by atoms with Crippen molar-refractivity contribution in [3.05, 3.63) is 17.2 Å². The van der Waals surface area contributed by atoms with Gasteiger partial charge in [-0.05, 0) is 45.3 Å². The Balaban J connectivity index is 2.28. The van der Waals surface area contributed by atoms with E-state index in [-0.39, 0.29) is 17.5 Å². The summed E-state index contributed by atoms with van der Waals surface area (Å²) >= 11 is 6.11. The second kappa shape index (κ2) is 5.74. The molecule has 0 radical (unpaired) electrons. The van der Waals surface area contributed by atoms with Gasteiger partial charge >= 0.3 is 7.12 Å². The maximum absolute atomic E-state index is 11.4. The van der Waals surface area contributed by atoms with Gasteiger partial charge < -0.3 is 24.8 Å². The SMILES string of the molecule is CC(C)(O)C(C)(C)OB(O)c1cc(Cl)c2c(c1)NC(=O)CO2. The Labute approximate surface area is 134 Å². The van der Waals surface area contributed by atoms with Gasteiger partial charge in [-0.3, -0.25) is 4.79 Å². The summed E-state index contributed by atoms with van der Waals surface area (Å²) in [6.45, 7) is 6.42. The van der Waals surface area contributed by atoms with Gasteiger partial charge in [0.15, 0.2) is 12.4 Å². The minimum Gasteiger partial charge on any atom is -0.480 e. The first-order chi connectivity index (χ1) is 10.0. The standard InChI is InChI=1S/C14H19BClNO5/c1-13(2,19)14(3,4)22-15(20)8-5-9(16)12-10(6-8)17-11(18)7-21-12/h5-6,19-20H,7H2,1-4H3,(H,17,18). The average molecular weight is 328 g/mol. The number of fused-ring (bicyclic) bond motifs is 1. The molecule has 0 saturated heterocycles. The van der Waals surface area contributed by atoms with Gasteiger partial charge in [-0.15, -0.1) is 0 Å². The second-order valence-corrected chi connectivity index (χ2v) is 6.66. The minimum absolute atomic E-state index is 0.100. The highest BCUT2D eigenvalue weighted by Gasteiger charge is 2.40. The van der Waals surface area contributed by atoms with Gasteiger partial charge in [0.1, 0.15) is 0 Å². The Kier molecular flexibility index (Phi) is 4.45. The number of amides is 1. The summed E-state index contributed by atoms with van der Waals surface area (Å²) in [5.74, 6) is 0.0620. The van der Waals surface area contributed by atoms with E-state index < -0.39 is 18.3 Å². The molecule has 6 nitrogen and oxygen atoms in total. The third kappa shape index (κ3) is 3.38. The van der Waals surface area contributed by atoms with E-state index in [9.17, 15) is 14.9 Å². The monoisotopic (exact) mass is 327 g/mol. The van der Waals surface area contributed by atoms with Gasteiger partial charge in [0.25, 0.3) is 5.91 Å². The molecule has 1 aliphatic rings. The molecule has 0 spiro atoms. The zero-order valence-corrected chi connectivity index (χ0v) is 13.7. The van der Waals surface area contributed by atoms with Gasteiger partial charge in [0, 0.05) is 0 Å². The summed E-state index contributed by atoms with van der Waals surface area (Å²) < 4.78 is 10.8. The molecule has 1 amide bonds. The fourth-order valence-corrected chi connectivity index (χ4v) is 2.09. The van der Waals surface area contributed by atoms with E-state index in [1.807, 2.05) is 0 Å². The Morgan fingerprint density at radius 1 is 1.36 bits per heavy atom. The molecule has 0 saturated carbocycles. The number of hydrogen-bond donors (Lipinski definition) is 3. The molecular weight excluding hydrogens is 308 g/mol. The Morgan fingerprint density at radius 3 is 2.59 bits per heavy atom. The van der Waals surface area contributed by atoms with Crippen LogP contribution in [0.15, 0.2) is 12.1 Å². The van der Waals surface area contributed by atoms with E-state index in [1.54, 1.807) is 27.7 Å². The van der Waals surface area contributed by atoms with E-state index in [4.69, 9.17) is 21.0 Å². The van der Waals surface area contributed by atoms with Crippen LogP contribution in [0, 0.1) is 0 Å². The predicted molar refractivity (Wildman–Crippen MR) is 84.6 cm³/mol. The van der Waals surface area contributed by atoms with Crippen LogP contribution < -0.4 is 15.5 Å². The summed E-state index contributed by atoms with van der Waals surface area (Å²) in [6, 6.07) is 3.03. The molecule has 22 heavy (non-hydrogen) atoms. The van der Waals surface area contributed by atoms with Crippen molar-refractivity contribution in [3.8, 4) is 5.75 Å². The number of carbonyl (C=O) groups is 1. The van der Waals surface area contributed by atoms with Crippen LogP contribution in [0.25, 0.3) is 0 Å². The molecule has 8 heteroatoms. The summed E-state index contributed by atoms with van der Waals surface area (Å²) in [7, 11) is -1.32. The van der Waals surface area contributed by atoms with E-state index in [2.05, 4.69) is 5.32 Å². The lowest BCUT2D eigenvalue weighted by atomic mass is 9.76. The highest BCUT2D eigenvalue weighted by atomic mass is 35.5. The van der Waals surface area contributed by atoms with Crippen molar-refractivity contribution in [2.45, 2.75) is 38.9 Å². The number of nitrogens with one attached hydrogen (secondary N) is 1. The number of ether oxygens (including phenoxy) is 1. The normalized spacial score (nSPS) is 15.0. The minimum atomic E-state index is -1.32. The maximum atomic E-state index is 11.4. The number of aliphatic hydroxyl groups is 1. The van der Waals surface area contributed by atoms with E-state index in [1.165, 1.54) is 12.1 Å². The average Bonchev–Trinajstić information content (AvgIpc) is 2.36. The van der Waals surface area contributed by atoms with Crippen molar-refractivity contribution < 1.29 is 24.3 Å². The Bertz CT molecular complexity index is 600. The topological polar surface area (TPSA) is 88.0 Å². The first-order valence-corrected chi connectivity index (χ1v) is 7.23. The van der Waals surface area contributed by atoms with E-state index in [0.29, 0.717) is 16.9 Å². The molecule has 0 aromatic heterocycles. The molecule has 120 valence electrons. The van der Waals surface area contributed by atoms with Crippen LogP contribution in [-0.2, 0) is 9.45 Å². The molecule has 1 heterocycles. The number of carbonyl (C=O) groups excluding carboxylic acids is 1. The van der Waals surface area contributed by atoms with Gasteiger partial charge in [0.2, 0.25) is 0 Å². The third-order valence-electron chi connectivity index (χ3n) is 3.85. The predicted octanol–water partition coefficient (Wildman–Crippen LogP) is 0.924. The van der Waals surface area contributed by atoms with Gasteiger partial charge in [0.05, 0.1) is 21.9 Å². The summed E-state index contributed by atoms with van der Waals surface area (Å²) in [5.41, 5.74) is -1.44. The van der Waals surface area contributed by atoms with Crippen LogP contribution in [0.4, 0.5) is 5.69 Å². The van der Waals surface area contributed by atoms with Crippen molar-refractivity contribution in [2.24, 2.45) is 0 Å². The Hall–Kier alpha value is -1.28. The molecule has 3 N–H and O–H groups in total. The quantitative estimate of drug-likeness (QED) is 0.716. The van der Waals surface area contributed by atoms with E-state index >= 15 is 0 Å². The zero-order valence-electron chi connectivity index (χ0n) is 12.9. The highest BCUT2D eigenvalue weighted by Crippen LogP contribution is 2.34. The first-order valence-electron chi connectivity index (χ1n) is 6.85. The van der Waals surface area contributed by atoms with Crippen LogP contribution in [0.2, 0.25) is 5.02 Å². The second-order valence-electron chi connectivity index (χ2n) is 6.26. The van der Waals surface area contributed by atoms with Crippen molar-refractivity contribution in [3.63, 3.8) is 0 Å². The summed E-state index contributed by atoms with van der Waals surface area (Å²) in [6.07, 6.45) is 0. The van der Waals surface area contributed by atoms with E-state index in [0.717, 1.165) is 0 Å². The smallest absolute Gasteiger partial charge is 0.480 e. The number of benzene rings is 1. The maximum Gasteiger partial charge on any atom is 0.491 e. The van der Waals surface area contributed by atoms with Crippen LogP contribution in [-0.4, -0.2) is 41.0 Å². The highest BCUT2D eigenvalue weighted by molar-refractivity contribution is 6.60. The van der Waals surface area contributed by atoms with Crippen LogP contribution in [0.1, 0.15) is 27.7 Å². The first kappa shape index (κ1) is 17.1. The summed E-state index contributed by atoms with van der Waals surface area (Å²) in [5, 5.41) is 23.2. The summed E-state index contributed by atoms with van der Waals surface area (Å²) in [4.78, 5) is 11.4. The largest absolute Gasteiger partial charge is 0.491 e. The molecule has 0 unspecified atom stereocenters. The Morgan fingerprint density at radius 2 is 2.00 bits per heavy atom. The fourth-order valence-electron chi connectivity index (χ4n) is 1.81. The molecule has 0 aliphatic carbocycles. The van der Waals surface area contributed by atoms with Crippen molar-refractivity contribution in [1.82, 2.24) is 0 Å². The van der Waals surface area contributed by atoms with Crippen molar-refractivity contribution in [1.29, 1.82) is 0 Å². The lowest BCUT2D eigenvalue weighted by Crippen LogP contribution is -2.53. The van der Waals surface area contributed by atoms with Crippen molar-refractivity contribution >= 4 is 35.8 Å². The third-order valence-corrected chi connectivity index (χ3v) is 4.13. The van der Waals surface area contributed by atoms with Crippen LogP contribution >= 0.6 is 11.6 Å². The number of rotatable bonds is 4. The number of halogens is 1.